The maximum Gasteiger partial charge on any atom is 0.326 e. The highest BCUT2D eigenvalue weighted by Crippen LogP contribution is 2.40. The summed E-state index contributed by atoms with van der Waals surface area (Å²) in [6.45, 7) is 3.15. The van der Waals surface area contributed by atoms with Crippen LogP contribution in [0.2, 0.25) is 0 Å². The summed E-state index contributed by atoms with van der Waals surface area (Å²) < 4.78 is 5.46. The van der Waals surface area contributed by atoms with E-state index in [1.807, 2.05) is 0 Å². The normalized spacial score (nSPS) is 16.4. The summed E-state index contributed by atoms with van der Waals surface area (Å²) in [5, 5.41) is 8.88. The van der Waals surface area contributed by atoms with Gasteiger partial charge in [0.15, 0.2) is 5.89 Å². The van der Waals surface area contributed by atoms with Crippen molar-refractivity contribution in [1.82, 2.24) is 9.88 Å². The average molecular weight is 252 g/mol. The number of aliphatic carboxylic acids is 1. The molecule has 1 amide bonds. The molecule has 1 N–H and O–H groups in total. The van der Waals surface area contributed by atoms with Gasteiger partial charge in [0.05, 0.1) is 5.69 Å². The first-order valence-corrected chi connectivity index (χ1v) is 5.89. The zero-order valence-electron chi connectivity index (χ0n) is 10.6. The second-order valence-electron chi connectivity index (χ2n) is 4.67. The molecule has 1 atom stereocenters. The minimum atomic E-state index is -1.05. The Hall–Kier alpha value is -1.85. The molecule has 1 heterocycles. The van der Waals surface area contributed by atoms with Gasteiger partial charge in [0.2, 0.25) is 5.76 Å². The summed E-state index contributed by atoms with van der Waals surface area (Å²) in [5.41, 5.74) is 0.520. The van der Waals surface area contributed by atoms with Crippen LogP contribution in [0, 0.1) is 6.92 Å². The number of oxazole rings is 1. The zero-order chi connectivity index (χ0) is 13.4. The number of carboxylic acids is 1. The molecule has 98 valence electrons. The standard InChI is InChI=1S/C12H16N2O4/c1-6-9(18-10(13-6)8-4-5-8)11(15)14(3)7(2)12(16)17/h7-8H,4-5H2,1-3H3,(H,16,17). The van der Waals surface area contributed by atoms with E-state index in [4.69, 9.17) is 9.52 Å². The van der Waals surface area contributed by atoms with Crippen molar-refractivity contribution in [1.29, 1.82) is 0 Å². The summed E-state index contributed by atoms with van der Waals surface area (Å²) in [5.74, 6) is -0.431. The lowest BCUT2D eigenvalue weighted by Crippen LogP contribution is -2.40. The fourth-order valence-electron chi connectivity index (χ4n) is 1.62. The van der Waals surface area contributed by atoms with Crippen LogP contribution in [0.25, 0.3) is 0 Å². The third-order valence-electron chi connectivity index (χ3n) is 3.19. The van der Waals surface area contributed by atoms with Crippen molar-refractivity contribution in [2.24, 2.45) is 0 Å². The predicted octanol–water partition coefficient (Wildman–Crippen LogP) is 1.41. The molecule has 18 heavy (non-hydrogen) atoms. The molecule has 0 spiro atoms. The predicted molar refractivity (Wildman–Crippen MR) is 62.4 cm³/mol. The van der Waals surface area contributed by atoms with E-state index < -0.39 is 17.9 Å². The topological polar surface area (TPSA) is 83.6 Å². The van der Waals surface area contributed by atoms with Gasteiger partial charge < -0.3 is 14.4 Å². The lowest BCUT2D eigenvalue weighted by atomic mass is 10.2. The number of rotatable bonds is 4. The van der Waals surface area contributed by atoms with Gasteiger partial charge in [-0.15, -0.1) is 0 Å². The van der Waals surface area contributed by atoms with Crippen molar-refractivity contribution >= 4 is 11.9 Å². The maximum atomic E-state index is 12.1. The highest BCUT2D eigenvalue weighted by molar-refractivity contribution is 5.94. The summed E-state index contributed by atoms with van der Waals surface area (Å²) in [7, 11) is 1.44. The number of carbonyl (C=O) groups excluding carboxylic acids is 1. The fourth-order valence-corrected chi connectivity index (χ4v) is 1.62. The van der Waals surface area contributed by atoms with Gasteiger partial charge in [-0.3, -0.25) is 4.79 Å². The van der Waals surface area contributed by atoms with Crippen LogP contribution in [0.5, 0.6) is 0 Å². The van der Waals surface area contributed by atoms with Crippen LogP contribution >= 0.6 is 0 Å². The first kappa shape index (κ1) is 12.6. The fraction of sp³-hybridized carbons (Fsp3) is 0.583. The number of hydrogen-bond donors (Lipinski definition) is 1. The highest BCUT2D eigenvalue weighted by Gasteiger charge is 2.32. The van der Waals surface area contributed by atoms with E-state index in [-0.39, 0.29) is 5.76 Å². The van der Waals surface area contributed by atoms with Crippen LogP contribution < -0.4 is 0 Å². The number of likely N-dealkylation sites (N-methyl/N-ethyl adjacent to an activating group) is 1. The second-order valence-corrected chi connectivity index (χ2v) is 4.67. The monoisotopic (exact) mass is 252 g/mol. The van der Waals surface area contributed by atoms with Crippen molar-refractivity contribution in [3.8, 4) is 0 Å². The van der Waals surface area contributed by atoms with Crippen LogP contribution in [0.15, 0.2) is 4.42 Å². The Balaban J connectivity index is 2.19. The number of amides is 1. The number of aryl methyl sites for hydroxylation is 1. The second kappa shape index (κ2) is 4.44. The molecule has 0 aromatic carbocycles. The smallest absolute Gasteiger partial charge is 0.326 e. The molecule has 1 aliphatic carbocycles. The number of hydrogen-bond acceptors (Lipinski definition) is 4. The van der Waals surface area contributed by atoms with E-state index in [0.717, 1.165) is 17.7 Å². The molecule has 6 heteroatoms. The molecule has 0 radical (unpaired) electrons. The molecule has 1 aromatic rings. The number of nitrogens with zero attached hydrogens (tertiary/aromatic N) is 2. The number of carbonyl (C=O) groups is 2. The van der Waals surface area contributed by atoms with Gasteiger partial charge in [-0.1, -0.05) is 0 Å². The minimum Gasteiger partial charge on any atom is -0.480 e. The lowest BCUT2D eigenvalue weighted by molar-refractivity contribution is -0.141. The highest BCUT2D eigenvalue weighted by atomic mass is 16.4. The van der Waals surface area contributed by atoms with E-state index >= 15 is 0 Å². The Morgan fingerprint density at radius 2 is 2.11 bits per heavy atom. The van der Waals surface area contributed by atoms with Gasteiger partial charge in [-0.25, -0.2) is 9.78 Å². The van der Waals surface area contributed by atoms with Gasteiger partial charge in [-0.05, 0) is 26.7 Å². The molecule has 6 nitrogen and oxygen atoms in total. The molecule has 0 aliphatic heterocycles. The van der Waals surface area contributed by atoms with Crippen LogP contribution in [0.3, 0.4) is 0 Å². The third-order valence-corrected chi connectivity index (χ3v) is 3.19. The zero-order valence-corrected chi connectivity index (χ0v) is 10.6. The molecular weight excluding hydrogens is 236 g/mol. The first-order valence-electron chi connectivity index (χ1n) is 5.89. The Labute approximate surface area is 105 Å². The van der Waals surface area contributed by atoms with Crippen LogP contribution in [-0.2, 0) is 4.79 Å². The van der Waals surface area contributed by atoms with Crippen LogP contribution in [0.1, 0.15) is 47.8 Å². The Bertz CT molecular complexity index is 490. The molecular formula is C12H16N2O4. The number of carboxylic acid groups (broad SMARTS) is 1. The van der Waals surface area contributed by atoms with Crippen molar-refractivity contribution in [2.45, 2.75) is 38.6 Å². The van der Waals surface area contributed by atoms with E-state index in [1.165, 1.54) is 14.0 Å². The first-order chi connectivity index (χ1) is 8.41. The van der Waals surface area contributed by atoms with Crippen molar-refractivity contribution in [2.75, 3.05) is 7.05 Å². The molecule has 2 rings (SSSR count). The van der Waals surface area contributed by atoms with Gasteiger partial charge in [0, 0.05) is 13.0 Å². The minimum absolute atomic E-state index is 0.146. The van der Waals surface area contributed by atoms with Crippen LogP contribution in [0.4, 0.5) is 0 Å². The molecule has 0 bridgehead atoms. The van der Waals surface area contributed by atoms with Gasteiger partial charge >= 0.3 is 5.97 Å². The van der Waals surface area contributed by atoms with Gasteiger partial charge in [-0.2, -0.15) is 0 Å². The Morgan fingerprint density at radius 1 is 1.50 bits per heavy atom. The quantitative estimate of drug-likeness (QED) is 0.875. The van der Waals surface area contributed by atoms with Crippen molar-refractivity contribution in [3.63, 3.8) is 0 Å². The molecule has 0 saturated heterocycles. The molecule has 1 aliphatic rings. The summed E-state index contributed by atoms with van der Waals surface area (Å²) in [6.07, 6.45) is 2.07. The Kier molecular flexibility index (Phi) is 3.11. The molecule has 1 fully saturated rings. The SMILES string of the molecule is Cc1nc(C2CC2)oc1C(=O)N(C)C(C)C(=O)O. The molecule has 1 aromatic heterocycles. The lowest BCUT2D eigenvalue weighted by Gasteiger charge is -2.20. The van der Waals surface area contributed by atoms with Gasteiger partial charge in [0.25, 0.3) is 5.91 Å². The largest absolute Gasteiger partial charge is 0.480 e. The van der Waals surface area contributed by atoms with Crippen molar-refractivity contribution in [3.05, 3.63) is 17.3 Å². The molecule has 1 saturated carbocycles. The van der Waals surface area contributed by atoms with Crippen molar-refractivity contribution < 1.29 is 19.1 Å². The summed E-state index contributed by atoms with van der Waals surface area (Å²) in [6, 6.07) is -0.897. The van der Waals surface area contributed by atoms with E-state index in [2.05, 4.69) is 4.98 Å². The maximum absolute atomic E-state index is 12.1. The summed E-state index contributed by atoms with van der Waals surface area (Å²) >= 11 is 0. The summed E-state index contributed by atoms with van der Waals surface area (Å²) in [4.78, 5) is 28.3. The van der Waals surface area contributed by atoms with E-state index in [0.29, 0.717) is 17.5 Å². The third kappa shape index (κ3) is 2.23. The van der Waals surface area contributed by atoms with Gasteiger partial charge in [0.1, 0.15) is 6.04 Å². The van der Waals surface area contributed by atoms with E-state index in [1.54, 1.807) is 6.92 Å². The molecule has 1 unspecified atom stereocenters. The van der Waals surface area contributed by atoms with E-state index in [9.17, 15) is 9.59 Å². The van der Waals surface area contributed by atoms with Crippen LogP contribution in [-0.4, -0.2) is 40.0 Å². The number of aromatic nitrogens is 1. The Morgan fingerprint density at radius 3 is 2.61 bits per heavy atom. The average Bonchev–Trinajstić information content (AvgIpc) is 3.10.